The Morgan fingerprint density at radius 1 is 0.941 bits per heavy atom. The number of carbonyl (C=O) groups excluding carboxylic acids is 3. The lowest BCUT2D eigenvalue weighted by atomic mass is 10.1. The van der Waals surface area contributed by atoms with E-state index in [4.69, 9.17) is 9.47 Å². The van der Waals surface area contributed by atoms with Gasteiger partial charge in [0.1, 0.15) is 17.3 Å². The quantitative estimate of drug-likeness (QED) is 0.382. The van der Waals surface area contributed by atoms with Gasteiger partial charge >= 0.3 is 5.97 Å². The molecule has 0 saturated carbocycles. The summed E-state index contributed by atoms with van der Waals surface area (Å²) in [5.41, 5.74) is 1.41. The standard InChI is InChI=1S/C26H23FN2O5/c1-3-34-26(32)18-10-14-20(15-11-18)28-25(31)22(16-17-8-12-19(27)13-9-17)29-24(30)21-6-4-5-7-23(21)33-2/h4-16H,3H2,1-2H3,(H,28,31)(H,29,30)/b22-16-. The van der Waals surface area contributed by atoms with E-state index in [1.807, 2.05) is 0 Å². The lowest BCUT2D eigenvalue weighted by Crippen LogP contribution is -2.31. The molecule has 2 amide bonds. The Kier molecular flexibility index (Phi) is 8.12. The van der Waals surface area contributed by atoms with E-state index in [1.54, 1.807) is 43.3 Å². The molecule has 0 aromatic heterocycles. The van der Waals surface area contributed by atoms with Gasteiger partial charge in [0.25, 0.3) is 11.8 Å². The number of rotatable bonds is 8. The van der Waals surface area contributed by atoms with Crippen molar-refractivity contribution in [3.8, 4) is 5.75 Å². The van der Waals surface area contributed by atoms with Crippen molar-refractivity contribution in [3.63, 3.8) is 0 Å². The van der Waals surface area contributed by atoms with Gasteiger partial charge in [-0.05, 0) is 67.1 Å². The van der Waals surface area contributed by atoms with E-state index in [2.05, 4.69) is 10.6 Å². The maximum absolute atomic E-state index is 13.3. The van der Waals surface area contributed by atoms with Crippen molar-refractivity contribution in [1.82, 2.24) is 5.32 Å². The number of carbonyl (C=O) groups is 3. The van der Waals surface area contributed by atoms with Gasteiger partial charge in [-0.2, -0.15) is 0 Å². The van der Waals surface area contributed by atoms with E-state index in [1.165, 1.54) is 49.6 Å². The van der Waals surface area contributed by atoms with E-state index >= 15 is 0 Å². The number of esters is 1. The first-order valence-corrected chi connectivity index (χ1v) is 10.4. The highest BCUT2D eigenvalue weighted by atomic mass is 19.1. The fourth-order valence-corrected chi connectivity index (χ4v) is 3.01. The molecule has 0 radical (unpaired) electrons. The van der Waals surface area contributed by atoms with Crippen molar-refractivity contribution in [3.05, 3.63) is 101 Å². The Bertz CT molecular complexity index is 1200. The fourth-order valence-electron chi connectivity index (χ4n) is 3.01. The maximum Gasteiger partial charge on any atom is 0.338 e. The van der Waals surface area contributed by atoms with Gasteiger partial charge in [-0.3, -0.25) is 9.59 Å². The van der Waals surface area contributed by atoms with Gasteiger partial charge in [0.15, 0.2) is 0 Å². The molecule has 0 aliphatic rings. The smallest absolute Gasteiger partial charge is 0.338 e. The minimum atomic E-state index is -0.614. The molecule has 3 rings (SSSR count). The molecule has 3 aromatic rings. The highest BCUT2D eigenvalue weighted by molar-refractivity contribution is 6.11. The normalized spacial score (nSPS) is 10.9. The number of anilines is 1. The monoisotopic (exact) mass is 462 g/mol. The van der Waals surface area contributed by atoms with Gasteiger partial charge in [-0.15, -0.1) is 0 Å². The second-order valence-corrected chi connectivity index (χ2v) is 7.02. The fraction of sp³-hybridized carbons (Fsp3) is 0.115. The SMILES string of the molecule is CCOC(=O)c1ccc(NC(=O)/C(=C/c2ccc(F)cc2)NC(=O)c2ccccc2OC)cc1. The van der Waals surface area contributed by atoms with E-state index in [9.17, 15) is 18.8 Å². The highest BCUT2D eigenvalue weighted by Gasteiger charge is 2.18. The van der Waals surface area contributed by atoms with Gasteiger partial charge < -0.3 is 20.1 Å². The van der Waals surface area contributed by atoms with Crippen LogP contribution in [0.1, 0.15) is 33.2 Å². The summed E-state index contributed by atoms with van der Waals surface area (Å²) in [6.45, 7) is 1.96. The second kappa shape index (κ2) is 11.4. The molecule has 3 aromatic carbocycles. The molecule has 0 saturated heterocycles. The third kappa shape index (κ3) is 6.29. The zero-order valence-electron chi connectivity index (χ0n) is 18.6. The van der Waals surface area contributed by atoms with Crippen LogP contribution in [0.15, 0.2) is 78.5 Å². The Hall–Kier alpha value is -4.46. The minimum Gasteiger partial charge on any atom is -0.496 e. The van der Waals surface area contributed by atoms with E-state index < -0.39 is 23.6 Å². The molecule has 0 aliphatic carbocycles. The lowest BCUT2D eigenvalue weighted by Gasteiger charge is -2.13. The number of halogens is 1. The first-order valence-electron chi connectivity index (χ1n) is 10.4. The average Bonchev–Trinajstić information content (AvgIpc) is 2.85. The van der Waals surface area contributed by atoms with Crippen LogP contribution in [0, 0.1) is 5.82 Å². The Morgan fingerprint density at radius 2 is 1.62 bits per heavy atom. The summed E-state index contributed by atoms with van der Waals surface area (Å²) in [5.74, 6) is -1.73. The van der Waals surface area contributed by atoms with Crippen molar-refractivity contribution in [2.75, 3.05) is 19.0 Å². The molecule has 174 valence electrons. The second-order valence-electron chi connectivity index (χ2n) is 7.02. The first kappa shape index (κ1) is 24.2. The first-order chi connectivity index (χ1) is 16.4. The van der Waals surface area contributed by atoms with Gasteiger partial charge in [0.2, 0.25) is 0 Å². The van der Waals surface area contributed by atoms with E-state index in [0.717, 1.165) is 0 Å². The number of hydrogen-bond donors (Lipinski definition) is 2. The lowest BCUT2D eigenvalue weighted by molar-refractivity contribution is -0.113. The summed E-state index contributed by atoms with van der Waals surface area (Å²) in [6, 6.07) is 18.2. The molecule has 8 heteroatoms. The van der Waals surface area contributed by atoms with Crippen LogP contribution in [0.3, 0.4) is 0 Å². The van der Waals surface area contributed by atoms with Crippen molar-refractivity contribution in [2.45, 2.75) is 6.92 Å². The number of nitrogens with one attached hydrogen (secondary N) is 2. The van der Waals surface area contributed by atoms with Crippen molar-refractivity contribution < 1.29 is 28.2 Å². The predicted molar refractivity (Wildman–Crippen MR) is 126 cm³/mol. The molecule has 2 N–H and O–H groups in total. The molecule has 34 heavy (non-hydrogen) atoms. The number of methoxy groups -OCH3 is 1. The molecule has 0 fully saturated rings. The van der Waals surface area contributed by atoms with Crippen LogP contribution in [0.2, 0.25) is 0 Å². The zero-order valence-corrected chi connectivity index (χ0v) is 18.6. The van der Waals surface area contributed by atoms with Crippen molar-refractivity contribution in [1.29, 1.82) is 0 Å². The third-order valence-electron chi connectivity index (χ3n) is 4.68. The van der Waals surface area contributed by atoms with Crippen LogP contribution < -0.4 is 15.4 Å². The Balaban J connectivity index is 1.85. The molecular weight excluding hydrogens is 439 g/mol. The summed E-state index contributed by atoms with van der Waals surface area (Å²) < 4.78 is 23.5. The maximum atomic E-state index is 13.3. The van der Waals surface area contributed by atoms with Crippen LogP contribution in [-0.2, 0) is 9.53 Å². The molecule has 0 atom stereocenters. The Labute approximate surface area is 196 Å². The number of benzene rings is 3. The number of ether oxygens (including phenoxy) is 2. The van der Waals surface area contributed by atoms with Gasteiger partial charge in [-0.1, -0.05) is 24.3 Å². The van der Waals surface area contributed by atoms with Gasteiger partial charge in [-0.25, -0.2) is 9.18 Å². The molecule has 0 unspecified atom stereocenters. The van der Waals surface area contributed by atoms with Crippen LogP contribution in [-0.4, -0.2) is 31.5 Å². The van der Waals surface area contributed by atoms with Crippen LogP contribution in [0.4, 0.5) is 10.1 Å². The predicted octanol–water partition coefficient (Wildman–Crippen LogP) is 4.42. The van der Waals surface area contributed by atoms with Gasteiger partial charge in [0.05, 0.1) is 24.8 Å². The largest absolute Gasteiger partial charge is 0.496 e. The zero-order chi connectivity index (χ0) is 24.5. The summed E-state index contributed by atoms with van der Waals surface area (Å²) in [5, 5.41) is 5.28. The van der Waals surface area contributed by atoms with Crippen LogP contribution in [0.25, 0.3) is 6.08 Å². The van der Waals surface area contributed by atoms with Gasteiger partial charge in [0, 0.05) is 5.69 Å². The summed E-state index contributed by atoms with van der Waals surface area (Å²) in [4.78, 5) is 37.7. The molecule has 0 bridgehead atoms. The summed E-state index contributed by atoms with van der Waals surface area (Å²) >= 11 is 0. The highest BCUT2D eigenvalue weighted by Crippen LogP contribution is 2.18. The number of hydrogen-bond acceptors (Lipinski definition) is 5. The van der Waals surface area contributed by atoms with Crippen LogP contribution >= 0.6 is 0 Å². The Morgan fingerprint density at radius 3 is 2.26 bits per heavy atom. The topological polar surface area (TPSA) is 93.7 Å². The number of para-hydroxylation sites is 1. The average molecular weight is 462 g/mol. The molecule has 7 nitrogen and oxygen atoms in total. The molecule has 0 aliphatic heterocycles. The molecular formula is C26H23FN2O5. The summed E-state index contributed by atoms with van der Waals surface area (Å²) in [7, 11) is 1.44. The van der Waals surface area contributed by atoms with Crippen molar-refractivity contribution >= 4 is 29.5 Å². The number of amides is 2. The summed E-state index contributed by atoms with van der Waals surface area (Å²) in [6.07, 6.45) is 1.43. The molecule has 0 heterocycles. The minimum absolute atomic E-state index is 0.0722. The van der Waals surface area contributed by atoms with E-state index in [0.29, 0.717) is 22.6 Å². The van der Waals surface area contributed by atoms with Crippen LogP contribution in [0.5, 0.6) is 5.75 Å². The molecule has 0 spiro atoms. The van der Waals surface area contributed by atoms with Crippen molar-refractivity contribution in [2.24, 2.45) is 0 Å². The van der Waals surface area contributed by atoms with E-state index in [-0.39, 0.29) is 17.9 Å². The third-order valence-corrected chi connectivity index (χ3v) is 4.68.